The Bertz CT molecular complexity index is 508. The molecule has 0 atom stereocenters. The Morgan fingerprint density at radius 1 is 0.950 bits per heavy atom. The van der Waals surface area contributed by atoms with Gasteiger partial charge in [0.1, 0.15) is 0 Å². The Morgan fingerprint density at radius 2 is 1.65 bits per heavy atom. The van der Waals surface area contributed by atoms with Crippen molar-refractivity contribution < 1.29 is 4.74 Å². The maximum atomic E-state index is 5.34. The number of nitrogens with one attached hydrogen (secondary N) is 2. The molecule has 0 spiro atoms. The van der Waals surface area contributed by atoms with Crippen molar-refractivity contribution in [3.8, 4) is 6.01 Å². The zero-order valence-corrected chi connectivity index (χ0v) is 11.8. The van der Waals surface area contributed by atoms with Crippen molar-refractivity contribution in [2.24, 2.45) is 0 Å². The lowest BCUT2D eigenvalue weighted by molar-refractivity contribution is 0.312. The summed E-state index contributed by atoms with van der Waals surface area (Å²) >= 11 is 0. The summed E-state index contributed by atoms with van der Waals surface area (Å²) in [7, 11) is 0. The summed E-state index contributed by atoms with van der Waals surface area (Å²) in [5.41, 5.74) is 1.16. The lowest BCUT2D eigenvalue weighted by Crippen LogP contribution is -2.10. The van der Waals surface area contributed by atoms with Gasteiger partial charge in [0.25, 0.3) is 0 Å². The highest BCUT2D eigenvalue weighted by Crippen LogP contribution is 2.12. The Balaban J connectivity index is 2.09. The van der Waals surface area contributed by atoms with E-state index in [1.165, 1.54) is 0 Å². The van der Waals surface area contributed by atoms with Crippen molar-refractivity contribution in [3.05, 3.63) is 35.9 Å². The van der Waals surface area contributed by atoms with Crippen molar-refractivity contribution in [2.45, 2.75) is 20.4 Å². The number of benzene rings is 1. The van der Waals surface area contributed by atoms with E-state index in [9.17, 15) is 0 Å². The van der Waals surface area contributed by atoms with Gasteiger partial charge in [-0.05, 0) is 19.4 Å². The number of hydrogen-bond acceptors (Lipinski definition) is 6. The molecule has 1 heterocycles. The molecule has 2 N–H and O–H groups in total. The first-order chi connectivity index (χ1) is 9.81. The van der Waals surface area contributed by atoms with Gasteiger partial charge in [-0.3, -0.25) is 0 Å². The van der Waals surface area contributed by atoms with E-state index in [2.05, 4.69) is 25.6 Å². The van der Waals surface area contributed by atoms with E-state index in [0.29, 0.717) is 31.1 Å². The predicted octanol–water partition coefficient (Wildman–Crippen LogP) is 2.31. The van der Waals surface area contributed by atoms with Crippen LogP contribution in [-0.4, -0.2) is 28.1 Å². The molecule has 0 amide bonds. The highest BCUT2D eigenvalue weighted by Gasteiger charge is 2.06. The molecular formula is C14H19N5O. The highest BCUT2D eigenvalue weighted by molar-refractivity contribution is 5.36. The standard InChI is InChI=1S/C14H19N5O/c1-3-15-12-17-13(19-14(18-12)20-4-2)16-10-11-8-6-5-7-9-11/h5-9H,3-4,10H2,1-2H3,(H2,15,16,17,18,19). The average Bonchev–Trinajstić information content (AvgIpc) is 2.47. The van der Waals surface area contributed by atoms with Crippen LogP contribution in [0.25, 0.3) is 0 Å². The van der Waals surface area contributed by atoms with Gasteiger partial charge < -0.3 is 15.4 Å². The van der Waals surface area contributed by atoms with Crippen LogP contribution in [0.3, 0.4) is 0 Å². The third-order valence-corrected chi connectivity index (χ3v) is 2.52. The molecule has 2 aromatic rings. The van der Waals surface area contributed by atoms with Crippen LogP contribution in [0.4, 0.5) is 11.9 Å². The number of hydrogen-bond donors (Lipinski definition) is 2. The van der Waals surface area contributed by atoms with E-state index in [0.717, 1.165) is 12.1 Å². The van der Waals surface area contributed by atoms with Crippen molar-refractivity contribution in [3.63, 3.8) is 0 Å². The van der Waals surface area contributed by atoms with E-state index < -0.39 is 0 Å². The highest BCUT2D eigenvalue weighted by atomic mass is 16.5. The Morgan fingerprint density at radius 3 is 2.30 bits per heavy atom. The van der Waals surface area contributed by atoms with Gasteiger partial charge in [0.05, 0.1) is 6.61 Å². The predicted molar refractivity (Wildman–Crippen MR) is 78.9 cm³/mol. The van der Waals surface area contributed by atoms with Crippen LogP contribution in [0.2, 0.25) is 0 Å². The van der Waals surface area contributed by atoms with Crippen LogP contribution in [0.15, 0.2) is 30.3 Å². The molecule has 0 radical (unpaired) electrons. The first-order valence-corrected chi connectivity index (χ1v) is 6.72. The van der Waals surface area contributed by atoms with E-state index in [1.54, 1.807) is 0 Å². The molecule has 106 valence electrons. The molecule has 0 bridgehead atoms. The van der Waals surface area contributed by atoms with Crippen LogP contribution >= 0.6 is 0 Å². The molecule has 1 aromatic heterocycles. The van der Waals surface area contributed by atoms with Crippen molar-refractivity contribution in [1.29, 1.82) is 0 Å². The largest absolute Gasteiger partial charge is 0.464 e. The van der Waals surface area contributed by atoms with E-state index in [4.69, 9.17) is 4.74 Å². The third-order valence-electron chi connectivity index (χ3n) is 2.52. The summed E-state index contributed by atoms with van der Waals surface area (Å²) < 4.78 is 5.34. The number of aromatic nitrogens is 3. The molecule has 6 nitrogen and oxygen atoms in total. The summed E-state index contributed by atoms with van der Waals surface area (Å²) in [4.78, 5) is 12.7. The lowest BCUT2D eigenvalue weighted by atomic mass is 10.2. The van der Waals surface area contributed by atoms with Gasteiger partial charge in [0, 0.05) is 13.1 Å². The van der Waals surface area contributed by atoms with Gasteiger partial charge in [-0.15, -0.1) is 0 Å². The molecule has 20 heavy (non-hydrogen) atoms. The monoisotopic (exact) mass is 273 g/mol. The van der Waals surface area contributed by atoms with Gasteiger partial charge in [-0.1, -0.05) is 30.3 Å². The fourth-order valence-electron chi connectivity index (χ4n) is 1.64. The van der Waals surface area contributed by atoms with Gasteiger partial charge >= 0.3 is 6.01 Å². The van der Waals surface area contributed by atoms with E-state index >= 15 is 0 Å². The fourth-order valence-corrected chi connectivity index (χ4v) is 1.64. The molecular weight excluding hydrogens is 254 g/mol. The van der Waals surface area contributed by atoms with E-state index in [-0.39, 0.29) is 0 Å². The lowest BCUT2D eigenvalue weighted by Gasteiger charge is -2.09. The van der Waals surface area contributed by atoms with Crippen molar-refractivity contribution in [2.75, 3.05) is 23.8 Å². The normalized spacial score (nSPS) is 10.1. The van der Waals surface area contributed by atoms with Gasteiger partial charge in [-0.25, -0.2) is 0 Å². The minimum Gasteiger partial charge on any atom is -0.464 e. The van der Waals surface area contributed by atoms with Gasteiger partial charge in [0.15, 0.2) is 0 Å². The summed E-state index contributed by atoms with van der Waals surface area (Å²) in [5.74, 6) is 1.02. The first-order valence-electron chi connectivity index (χ1n) is 6.72. The topological polar surface area (TPSA) is 72.0 Å². The van der Waals surface area contributed by atoms with Gasteiger partial charge in [-0.2, -0.15) is 15.0 Å². The Labute approximate surface area is 118 Å². The SMILES string of the molecule is CCNc1nc(NCc2ccccc2)nc(OCC)n1. The van der Waals surface area contributed by atoms with Crippen molar-refractivity contribution >= 4 is 11.9 Å². The Hall–Kier alpha value is -2.37. The minimum absolute atomic E-state index is 0.328. The minimum atomic E-state index is 0.328. The smallest absolute Gasteiger partial charge is 0.323 e. The van der Waals surface area contributed by atoms with Crippen LogP contribution in [-0.2, 0) is 6.54 Å². The third kappa shape index (κ3) is 4.08. The zero-order chi connectivity index (χ0) is 14.2. The number of rotatable bonds is 7. The molecule has 0 saturated heterocycles. The van der Waals surface area contributed by atoms with Crippen LogP contribution < -0.4 is 15.4 Å². The molecule has 0 aliphatic carbocycles. The summed E-state index contributed by atoms with van der Waals surface area (Å²) in [6.45, 7) is 5.80. The molecule has 0 aliphatic rings. The number of anilines is 2. The Kier molecular flexibility index (Phi) is 5.11. The maximum Gasteiger partial charge on any atom is 0.323 e. The second-order valence-electron chi connectivity index (χ2n) is 4.07. The van der Waals surface area contributed by atoms with Crippen LogP contribution in [0, 0.1) is 0 Å². The second-order valence-corrected chi connectivity index (χ2v) is 4.07. The number of ether oxygens (including phenoxy) is 1. The second kappa shape index (κ2) is 7.28. The van der Waals surface area contributed by atoms with Gasteiger partial charge in [0.2, 0.25) is 11.9 Å². The molecule has 0 aliphatic heterocycles. The summed E-state index contributed by atoms with van der Waals surface area (Å²) in [6, 6.07) is 10.4. The van der Waals surface area contributed by atoms with Crippen molar-refractivity contribution in [1.82, 2.24) is 15.0 Å². The molecule has 6 heteroatoms. The van der Waals surface area contributed by atoms with Crippen LogP contribution in [0.5, 0.6) is 6.01 Å². The molecule has 2 rings (SSSR count). The quantitative estimate of drug-likeness (QED) is 0.806. The fraction of sp³-hybridized carbons (Fsp3) is 0.357. The zero-order valence-electron chi connectivity index (χ0n) is 11.8. The first kappa shape index (κ1) is 14.0. The summed E-state index contributed by atoms with van der Waals surface area (Å²) in [5, 5.41) is 6.24. The summed E-state index contributed by atoms with van der Waals surface area (Å²) in [6.07, 6.45) is 0. The average molecular weight is 273 g/mol. The number of nitrogens with zero attached hydrogens (tertiary/aromatic N) is 3. The molecule has 0 fully saturated rings. The molecule has 0 saturated carbocycles. The van der Waals surface area contributed by atoms with Crippen LogP contribution in [0.1, 0.15) is 19.4 Å². The molecule has 1 aromatic carbocycles. The van der Waals surface area contributed by atoms with E-state index in [1.807, 2.05) is 44.2 Å². The molecule has 0 unspecified atom stereocenters. The maximum absolute atomic E-state index is 5.34.